The number of nitrogens with one attached hydrogen (secondary N) is 1. The van der Waals surface area contributed by atoms with Gasteiger partial charge in [-0.25, -0.2) is 0 Å². The van der Waals surface area contributed by atoms with Gasteiger partial charge in [0.05, 0.1) is 5.92 Å². The van der Waals surface area contributed by atoms with Crippen LogP contribution in [0, 0.1) is 11.8 Å². The highest BCUT2D eigenvalue weighted by Gasteiger charge is 2.29. The van der Waals surface area contributed by atoms with Crippen LogP contribution < -0.4 is 5.32 Å². The Morgan fingerprint density at radius 2 is 2.18 bits per heavy atom. The summed E-state index contributed by atoms with van der Waals surface area (Å²) in [5.41, 5.74) is 2.55. The summed E-state index contributed by atoms with van der Waals surface area (Å²) in [4.78, 5) is 4.33. The van der Waals surface area contributed by atoms with Crippen molar-refractivity contribution in [1.29, 1.82) is 0 Å². The number of allylic oxidation sites excluding steroid dienone is 5. The smallest absolute Gasteiger partial charge is 0.106 e. The maximum absolute atomic E-state index is 6.39. The lowest BCUT2D eigenvalue weighted by Gasteiger charge is -2.32. The molecule has 114 valence electrons. The van der Waals surface area contributed by atoms with Gasteiger partial charge < -0.3 is 10.1 Å². The van der Waals surface area contributed by atoms with E-state index >= 15 is 0 Å². The van der Waals surface area contributed by atoms with Crippen LogP contribution in [-0.2, 0) is 4.74 Å². The largest absolute Gasteiger partial charge is 0.494 e. The number of ether oxygens (including phenoxy) is 1. The molecule has 0 saturated carbocycles. The predicted octanol–water partition coefficient (Wildman–Crippen LogP) is 3.63. The summed E-state index contributed by atoms with van der Waals surface area (Å²) in [6, 6.07) is 2.18. The topological polar surface area (TPSA) is 33.6 Å². The van der Waals surface area contributed by atoms with Gasteiger partial charge in [0.15, 0.2) is 0 Å². The Kier molecular flexibility index (Phi) is 3.95. The van der Waals surface area contributed by atoms with Crippen LogP contribution in [0.25, 0.3) is 5.57 Å². The van der Waals surface area contributed by atoms with Crippen LogP contribution in [0.4, 0.5) is 0 Å². The lowest BCUT2D eigenvalue weighted by atomic mass is 9.82. The zero-order chi connectivity index (χ0) is 14.8. The average Bonchev–Trinajstić information content (AvgIpc) is 3.10. The molecule has 0 aromatic carbocycles. The Morgan fingerprint density at radius 1 is 1.27 bits per heavy atom. The summed E-state index contributed by atoms with van der Waals surface area (Å²) < 4.78 is 6.39. The summed E-state index contributed by atoms with van der Waals surface area (Å²) in [6.45, 7) is 2.10. The van der Waals surface area contributed by atoms with E-state index in [-0.39, 0.29) is 5.92 Å². The van der Waals surface area contributed by atoms with E-state index in [2.05, 4.69) is 45.4 Å². The maximum atomic E-state index is 6.39. The number of aliphatic imine (C=N–C) groups is 1. The number of nitrogens with zero attached hydrogens (tertiary/aromatic N) is 1. The van der Waals surface area contributed by atoms with Crippen molar-refractivity contribution in [2.24, 2.45) is 16.8 Å². The summed E-state index contributed by atoms with van der Waals surface area (Å²) in [5.74, 6) is 1.69. The third kappa shape index (κ3) is 2.81. The second-order valence-electron chi connectivity index (χ2n) is 5.99. The van der Waals surface area contributed by atoms with Crippen molar-refractivity contribution in [2.45, 2.75) is 18.9 Å². The first-order chi connectivity index (χ1) is 10.9. The van der Waals surface area contributed by atoms with E-state index in [4.69, 9.17) is 4.74 Å². The quantitative estimate of drug-likeness (QED) is 0.924. The van der Waals surface area contributed by atoms with Crippen LogP contribution in [0.5, 0.6) is 0 Å². The second-order valence-corrected chi connectivity index (χ2v) is 6.77. The van der Waals surface area contributed by atoms with E-state index in [0.717, 1.165) is 31.7 Å². The summed E-state index contributed by atoms with van der Waals surface area (Å²) >= 11 is 1.74. The Bertz CT molecular complexity index is 636. The minimum Gasteiger partial charge on any atom is -0.494 e. The highest BCUT2D eigenvalue weighted by atomic mass is 32.1. The first-order valence-electron chi connectivity index (χ1n) is 7.93. The van der Waals surface area contributed by atoms with E-state index < -0.39 is 0 Å². The van der Waals surface area contributed by atoms with Crippen molar-refractivity contribution in [2.75, 3.05) is 13.1 Å². The highest BCUT2D eigenvalue weighted by molar-refractivity contribution is 7.08. The Morgan fingerprint density at radius 3 is 3.00 bits per heavy atom. The monoisotopic (exact) mass is 312 g/mol. The molecule has 1 aromatic heterocycles. The first kappa shape index (κ1) is 14.0. The van der Waals surface area contributed by atoms with Gasteiger partial charge in [-0.3, -0.25) is 4.99 Å². The molecule has 0 radical (unpaired) electrons. The van der Waals surface area contributed by atoms with Crippen LogP contribution >= 0.6 is 11.3 Å². The molecule has 0 amide bonds. The van der Waals surface area contributed by atoms with Crippen molar-refractivity contribution < 1.29 is 4.74 Å². The number of piperidine rings is 1. The van der Waals surface area contributed by atoms with Crippen LogP contribution in [0.1, 0.15) is 18.4 Å². The van der Waals surface area contributed by atoms with Crippen molar-refractivity contribution in [1.82, 2.24) is 5.32 Å². The second kappa shape index (κ2) is 6.23. The number of thiophene rings is 1. The van der Waals surface area contributed by atoms with Gasteiger partial charge in [0.1, 0.15) is 11.9 Å². The van der Waals surface area contributed by atoms with Gasteiger partial charge in [-0.1, -0.05) is 12.2 Å². The predicted molar refractivity (Wildman–Crippen MR) is 92.0 cm³/mol. The number of hydrogen-bond donors (Lipinski definition) is 1. The molecule has 2 unspecified atom stereocenters. The molecule has 3 heterocycles. The van der Waals surface area contributed by atoms with Crippen molar-refractivity contribution in [3.05, 3.63) is 52.6 Å². The third-order valence-electron chi connectivity index (χ3n) is 4.50. The molecular formula is C18H20N2OS. The molecule has 4 heteroatoms. The minimum absolute atomic E-state index is 0.252. The maximum Gasteiger partial charge on any atom is 0.106 e. The van der Waals surface area contributed by atoms with Crippen LogP contribution in [0.2, 0.25) is 0 Å². The fraction of sp³-hybridized carbons (Fsp3) is 0.389. The molecule has 2 aliphatic heterocycles. The van der Waals surface area contributed by atoms with Crippen LogP contribution in [0.3, 0.4) is 0 Å². The Balaban J connectivity index is 1.62. The zero-order valence-corrected chi connectivity index (χ0v) is 13.3. The molecule has 1 saturated heterocycles. The van der Waals surface area contributed by atoms with Crippen molar-refractivity contribution >= 4 is 23.1 Å². The number of rotatable bonds is 3. The standard InChI is InChI=1S/C18H20N2OS/c1-5-20-11-17-13(1)9-15(14-4-8-22-12-14)10-18(17)21-16-2-6-19-7-3-16/h1,4-5,8-13,16-17,19H,2-3,6-7H2. The molecule has 0 spiro atoms. The van der Waals surface area contributed by atoms with Gasteiger partial charge in [-0.05, 0) is 60.0 Å². The fourth-order valence-corrected chi connectivity index (χ4v) is 3.93. The van der Waals surface area contributed by atoms with Gasteiger partial charge in [-0.15, -0.1) is 0 Å². The van der Waals surface area contributed by atoms with Gasteiger partial charge in [0.25, 0.3) is 0 Å². The molecule has 3 nitrogen and oxygen atoms in total. The normalized spacial score (nSPS) is 28.0. The van der Waals surface area contributed by atoms with Gasteiger partial charge in [0, 0.05) is 18.3 Å². The zero-order valence-electron chi connectivity index (χ0n) is 12.4. The summed E-state index contributed by atoms with van der Waals surface area (Å²) in [5, 5.41) is 7.72. The molecule has 4 rings (SSSR count). The molecule has 22 heavy (non-hydrogen) atoms. The molecule has 1 aliphatic carbocycles. The number of hydrogen-bond acceptors (Lipinski definition) is 4. The molecule has 3 aliphatic rings. The molecule has 1 N–H and O–H groups in total. The molecule has 0 bridgehead atoms. The van der Waals surface area contributed by atoms with E-state index in [9.17, 15) is 0 Å². The molecular weight excluding hydrogens is 292 g/mol. The molecule has 1 fully saturated rings. The highest BCUT2D eigenvalue weighted by Crippen LogP contribution is 2.37. The SMILES string of the molecule is C1=CC2C=C(c3ccsc3)C=C(OC3CCNCC3)C2C=N1. The van der Waals surface area contributed by atoms with Crippen LogP contribution in [0.15, 0.2) is 52.0 Å². The number of fused-ring (bicyclic) bond motifs is 1. The van der Waals surface area contributed by atoms with E-state index in [1.807, 2.05) is 12.4 Å². The van der Waals surface area contributed by atoms with Gasteiger partial charge in [-0.2, -0.15) is 11.3 Å². The lowest BCUT2D eigenvalue weighted by Crippen LogP contribution is -2.34. The van der Waals surface area contributed by atoms with E-state index in [1.165, 1.54) is 11.1 Å². The molecule has 2 atom stereocenters. The summed E-state index contributed by atoms with van der Waals surface area (Å²) in [6.07, 6.45) is 13.2. The Hall–Kier alpha value is -1.65. The lowest BCUT2D eigenvalue weighted by molar-refractivity contribution is 0.0735. The van der Waals surface area contributed by atoms with Gasteiger partial charge >= 0.3 is 0 Å². The van der Waals surface area contributed by atoms with Crippen LogP contribution in [-0.4, -0.2) is 25.4 Å². The average molecular weight is 312 g/mol. The van der Waals surface area contributed by atoms with Crippen molar-refractivity contribution in [3.8, 4) is 0 Å². The van der Waals surface area contributed by atoms with Crippen molar-refractivity contribution in [3.63, 3.8) is 0 Å². The Labute approximate surface area is 135 Å². The van der Waals surface area contributed by atoms with Gasteiger partial charge in [0.2, 0.25) is 0 Å². The summed E-state index contributed by atoms with van der Waals surface area (Å²) in [7, 11) is 0. The third-order valence-corrected chi connectivity index (χ3v) is 5.18. The van der Waals surface area contributed by atoms with E-state index in [0.29, 0.717) is 12.0 Å². The first-order valence-corrected chi connectivity index (χ1v) is 8.88. The molecule has 1 aromatic rings. The van der Waals surface area contributed by atoms with E-state index in [1.54, 1.807) is 11.3 Å². The fourth-order valence-electron chi connectivity index (χ4n) is 3.26. The minimum atomic E-state index is 0.252.